The van der Waals surface area contributed by atoms with E-state index in [9.17, 15) is 5.11 Å². The molecule has 19 heavy (non-hydrogen) atoms. The summed E-state index contributed by atoms with van der Waals surface area (Å²) >= 11 is 0. The van der Waals surface area contributed by atoms with Crippen LogP contribution in [-0.2, 0) is 4.74 Å². The van der Waals surface area contributed by atoms with Crippen molar-refractivity contribution in [3.8, 4) is 6.07 Å². The minimum absolute atomic E-state index is 0.0170. The topological polar surface area (TPSA) is 69.4 Å². The third-order valence-electron chi connectivity index (χ3n) is 3.08. The van der Waals surface area contributed by atoms with Gasteiger partial charge in [-0.1, -0.05) is 0 Å². The van der Waals surface area contributed by atoms with Crippen LogP contribution < -0.4 is 4.90 Å². The monoisotopic (exact) mass is 261 g/mol. The number of hydrogen-bond acceptors (Lipinski definition) is 5. The van der Waals surface area contributed by atoms with Crippen molar-refractivity contribution in [3.05, 3.63) is 23.4 Å². The largest absolute Gasteiger partial charge is 0.394 e. The normalized spacial score (nSPS) is 22.1. The number of aliphatic hydroxyl groups excluding tert-OH is 1. The molecule has 1 aromatic rings. The predicted molar refractivity (Wildman–Crippen MR) is 71.9 cm³/mol. The molecule has 0 aliphatic carbocycles. The maximum absolute atomic E-state index is 9.32. The number of nitriles is 1. The second-order valence-corrected chi connectivity index (χ2v) is 5.53. The van der Waals surface area contributed by atoms with Gasteiger partial charge in [-0.25, -0.2) is 4.98 Å². The lowest BCUT2D eigenvalue weighted by Crippen LogP contribution is -2.54. The molecule has 2 heterocycles. The lowest BCUT2D eigenvalue weighted by atomic mass is 10.0. The molecule has 1 unspecified atom stereocenters. The Morgan fingerprint density at radius 3 is 2.95 bits per heavy atom. The van der Waals surface area contributed by atoms with Crippen molar-refractivity contribution in [3.63, 3.8) is 0 Å². The number of aromatic nitrogens is 1. The molecule has 5 nitrogen and oxygen atoms in total. The van der Waals surface area contributed by atoms with Gasteiger partial charge in [-0.3, -0.25) is 0 Å². The van der Waals surface area contributed by atoms with Gasteiger partial charge in [-0.2, -0.15) is 5.26 Å². The highest BCUT2D eigenvalue weighted by molar-refractivity contribution is 5.47. The molecule has 1 aromatic heterocycles. The minimum Gasteiger partial charge on any atom is -0.394 e. The van der Waals surface area contributed by atoms with Crippen molar-refractivity contribution in [1.82, 2.24) is 4.98 Å². The molecule has 1 fully saturated rings. The van der Waals surface area contributed by atoms with Crippen LogP contribution in [0.1, 0.15) is 25.1 Å². The zero-order valence-corrected chi connectivity index (χ0v) is 11.6. The van der Waals surface area contributed by atoms with E-state index in [1.165, 1.54) is 0 Å². The summed E-state index contributed by atoms with van der Waals surface area (Å²) in [7, 11) is 0. The van der Waals surface area contributed by atoms with Crippen molar-refractivity contribution in [2.45, 2.75) is 32.5 Å². The van der Waals surface area contributed by atoms with E-state index in [4.69, 9.17) is 10.00 Å². The molecule has 1 atom stereocenters. The number of nitrogens with zero attached hydrogens (tertiary/aromatic N) is 3. The van der Waals surface area contributed by atoms with Crippen molar-refractivity contribution < 1.29 is 9.84 Å². The van der Waals surface area contributed by atoms with E-state index < -0.39 is 0 Å². The van der Waals surface area contributed by atoms with Gasteiger partial charge in [0, 0.05) is 18.8 Å². The third-order valence-corrected chi connectivity index (χ3v) is 3.08. The summed E-state index contributed by atoms with van der Waals surface area (Å²) in [6.45, 7) is 7.11. The highest BCUT2D eigenvalue weighted by Gasteiger charge is 2.33. The predicted octanol–water partition coefficient (Wildman–Crippen LogP) is 1.24. The number of hydrogen-bond donors (Lipinski definition) is 1. The average molecular weight is 261 g/mol. The average Bonchev–Trinajstić information content (AvgIpc) is 2.36. The summed E-state index contributed by atoms with van der Waals surface area (Å²) in [5.74, 6) is 0.770. The minimum atomic E-state index is -0.343. The Kier molecular flexibility index (Phi) is 3.74. The standard InChI is InChI=1S/C14H19N3O2/c1-10-4-11(6-15)5-13(16-10)17-7-12(8-18)19-14(2,3)9-17/h4-5,12,18H,7-9H2,1-3H3. The van der Waals surface area contributed by atoms with E-state index in [1.807, 2.05) is 20.8 Å². The van der Waals surface area contributed by atoms with Crippen LogP contribution >= 0.6 is 0 Å². The molecule has 2 rings (SSSR count). The van der Waals surface area contributed by atoms with E-state index in [1.54, 1.807) is 12.1 Å². The Bertz CT molecular complexity index is 508. The number of morpholine rings is 1. The first kappa shape index (κ1) is 13.8. The molecular weight excluding hydrogens is 242 g/mol. The highest BCUT2D eigenvalue weighted by atomic mass is 16.5. The molecule has 0 spiro atoms. The molecule has 0 amide bonds. The molecule has 1 aliphatic rings. The molecular formula is C14H19N3O2. The van der Waals surface area contributed by atoms with E-state index in [-0.39, 0.29) is 18.3 Å². The van der Waals surface area contributed by atoms with E-state index in [0.29, 0.717) is 18.7 Å². The fraction of sp³-hybridized carbons (Fsp3) is 0.571. The first-order valence-corrected chi connectivity index (χ1v) is 6.36. The Balaban J connectivity index is 2.30. The number of aryl methyl sites for hydroxylation is 1. The van der Waals surface area contributed by atoms with Crippen molar-refractivity contribution in [2.75, 3.05) is 24.6 Å². The summed E-state index contributed by atoms with van der Waals surface area (Å²) in [6, 6.07) is 5.69. The molecule has 102 valence electrons. The fourth-order valence-electron chi connectivity index (χ4n) is 2.44. The van der Waals surface area contributed by atoms with Crippen LogP contribution in [0.15, 0.2) is 12.1 Å². The van der Waals surface area contributed by atoms with Gasteiger partial charge in [0.15, 0.2) is 0 Å². The number of rotatable bonds is 2. The molecule has 1 aliphatic heterocycles. The third kappa shape index (κ3) is 3.22. The van der Waals surface area contributed by atoms with Crippen LogP contribution in [0.3, 0.4) is 0 Å². The summed E-state index contributed by atoms with van der Waals surface area (Å²) in [4.78, 5) is 6.55. The van der Waals surface area contributed by atoms with Gasteiger partial charge in [0.1, 0.15) is 5.82 Å². The van der Waals surface area contributed by atoms with Crippen LogP contribution in [0.25, 0.3) is 0 Å². The van der Waals surface area contributed by atoms with Crippen molar-refractivity contribution >= 4 is 5.82 Å². The summed E-state index contributed by atoms with van der Waals surface area (Å²) in [5.41, 5.74) is 1.08. The smallest absolute Gasteiger partial charge is 0.130 e. The SMILES string of the molecule is Cc1cc(C#N)cc(N2CC(CO)OC(C)(C)C2)n1. The Morgan fingerprint density at radius 1 is 1.58 bits per heavy atom. The van der Waals surface area contributed by atoms with Gasteiger partial charge < -0.3 is 14.7 Å². The molecule has 1 N–H and O–H groups in total. The Hall–Kier alpha value is -1.64. The number of ether oxygens (including phenoxy) is 1. The quantitative estimate of drug-likeness (QED) is 0.867. The van der Waals surface area contributed by atoms with Crippen LogP contribution in [0.2, 0.25) is 0 Å². The molecule has 0 bridgehead atoms. The maximum Gasteiger partial charge on any atom is 0.130 e. The first-order valence-electron chi connectivity index (χ1n) is 6.36. The fourth-order valence-corrected chi connectivity index (χ4v) is 2.44. The van der Waals surface area contributed by atoms with Gasteiger partial charge in [-0.05, 0) is 32.9 Å². The number of anilines is 1. The first-order chi connectivity index (χ1) is 8.93. The van der Waals surface area contributed by atoms with Crippen LogP contribution in [0.5, 0.6) is 0 Å². The zero-order valence-electron chi connectivity index (χ0n) is 11.6. The molecule has 0 saturated carbocycles. The highest BCUT2D eigenvalue weighted by Crippen LogP contribution is 2.25. The second kappa shape index (κ2) is 5.16. The van der Waals surface area contributed by atoms with Gasteiger partial charge in [0.2, 0.25) is 0 Å². The lowest BCUT2D eigenvalue weighted by Gasteiger charge is -2.42. The number of aliphatic hydroxyl groups is 1. The van der Waals surface area contributed by atoms with Gasteiger partial charge in [0.25, 0.3) is 0 Å². The molecule has 1 saturated heterocycles. The van der Waals surface area contributed by atoms with E-state index >= 15 is 0 Å². The molecule has 0 radical (unpaired) electrons. The summed E-state index contributed by atoms with van der Waals surface area (Å²) < 4.78 is 5.78. The van der Waals surface area contributed by atoms with Crippen molar-refractivity contribution in [1.29, 1.82) is 5.26 Å². The van der Waals surface area contributed by atoms with Crippen LogP contribution in [-0.4, -0.2) is 41.5 Å². The van der Waals surface area contributed by atoms with Crippen LogP contribution in [0, 0.1) is 18.3 Å². The molecule has 5 heteroatoms. The second-order valence-electron chi connectivity index (χ2n) is 5.53. The zero-order chi connectivity index (χ0) is 14.0. The lowest BCUT2D eigenvalue weighted by molar-refractivity contribution is -0.101. The van der Waals surface area contributed by atoms with Crippen LogP contribution in [0.4, 0.5) is 5.82 Å². The van der Waals surface area contributed by atoms with Crippen molar-refractivity contribution in [2.24, 2.45) is 0 Å². The Labute approximate surface area is 113 Å². The van der Waals surface area contributed by atoms with Gasteiger partial charge in [-0.15, -0.1) is 0 Å². The van der Waals surface area contributed by atoms with Gasteiger partial charge >= 0.3 is 0 Å². The van der Waals surface area contributed by atoms with Gasteiger partial charge in [0.05, 0.1) is 29.9 Å². The van der Waals surface area contributed by atoms with E-state index in [2.05, 4.69) is 16.0 Å². The number of pyridine rings is 1. The maximum atomic E-state index is 9.32. The van der Waals surface area contributed by atoms with E-state index in [0.717, 1.165) is 11.5 Å². The summed E-state index contributed by atoms with van der Waals surface area (Å²) in [5, 5.41) is 18.3. The molecule has 0 aromatic carbocycles. The Morgan fingerprint density at radius 2 is 2.32 bits per heavy atom. The summed E-state index contributed by atoms with van der Waals surface area (Å²) in [6.07, 6.45) is -0.225.